The van der Waals surface area contributed by atoms with E-state index in [2.05, 4.69) is 15.5 Å². The van der Waals surface area contributed by atoms with E-state index in [1.54, 1.807) is 13.3 Å². The largest absolute Gasteiger partial charge is 0.496 e. The number of aromatic nitrogens is 2. The molecule has 33 heavy (non-hydrogen) atoms. The Hall–Kier alpha value is -3.52. The number of H-pyrrole nitrogens is 1. The van der Waals surface area contributed by atoms with Gasteiger partial charge in [-0.15, -0.1) is 0 Å². The first-order valence-electron chi connectivity index (χ1n) is 11.0. The Balaban J connectivity index is 1.54. The number of aromatic amines is 1. The molecular formula is C25H30N4O4. The third-order valence-electron chi connectivity index (χ3n) is 5.75. The number of ether oxygens (including phenoxy) is 3. The summed E-state index contributed by atoms with van der Waals surface area (Å²) in [6, 6.07) is 11.5. The minimum absolute atomic E-state index is 0.115. The maximum Gasteiger partial charge on any atom is 0.231 e. The lowest BCUT2D eigenvalue weighted by Crippen LogP contribution is -2.33. The van der Waals surface area contributed by atoms with Crippen LogP contribution < -0.4 is 19.5 Å². The van der Waals surface area contributed by atoms with E-state index in [-0.39, 0.29) is 11.8 Å². The topological polar surface area (TPSA) is 88.7 Å². The van der Waals surface area contributed by atoms with E-state index in [0.717, 1.165) is 40.4 Å². The summed E-state index contributed by atoms with van der Waals surface area (Å²) in [7, 11) is 5.61. The molecule has 1 aliphatic heterocycles. The number of nitrogens with one attached hydrogen (secondary N) is 2. The maximum atomic E-state index is 13.2. The van der Waals surface area contributed by atoms with Crippen LogP contribution in [0.5, 0.6) is 17.2 Å². The monoisotopic (exact) mass is 450 g/mol. The Kier molecular flexibility index (Phi) is 6.84. The van der Waals surface area contributed by atoms with Gasteiger partial charge in [0.25, 0.3) is 0 Å². The number of hydrogen-bond acceptors (Lipinski definition) is 6. The zero-order chi connectivity index (χ0) is 23.4. The van der Waals surface area contributed by atoms with Crippen LogP contribution in [0.15, 0.2) is 42.6 Å². The van der Waals surface area contributed by atoms with Gasteiger partial charge in [0.15, 0.2) is 0 Å². The van der Waals surface area contributed by atoms with Crippen molar-refractivity contribution in [2.75, 3.05) is 46.3 Å². The highest BCUT2D eigenvalue weighted by molar-refractivity contribution is 5.95. The summed E-state index contributed by atoms with van der Waals surface area (Å²) in [5, 5.41) is 10.1. The van der Waals surface area contributed by atoms with Crippen molar-refractivity contribution in [1.82, 2.24) is 15.1 Å². The molecule has 0 radical (unpaired) electrons. The van der Waals surface area contributed by atoms with E-state index in [9.17, 15) is 4.79 Å². The molecule has 2 N–H and O–H groups in total. The Morgan fingerprint density at radius 2 is 2.12 bits per heavy atom. The van der Waals surface area contributed by atoms with Gasteiger partial charge in [-0.2, -0.15) is 5.10 Å². The number of fused-ring (bicyclic) bond motifs is 1. The molecule has 2 aromatic carbocycles. The lowest BCUT2D eigenvalue weighted by Gasteiger charge is -2.26. The molecule has 174 valence electrons. The number of anilines is 1. The lowest BCUT2D eigenvalue weighted by molar-refractivity contribution is -0.121. The molecule has 0 spiro atoms. The van der Waals surface area contributed by atoms with Gasteiger partial charge in [0, 0.05) is 23.4 Å². The van der Waals surface area contributed by atoms with Crippen molar-refractivity contribution in [2.24, 2.45) is 5.92 Å². The quantitative estimate of drug-likeness (QED) is 0.546. The van der Waals surface area contributed by atoms with Crippen molar-refractivity contribution in [3.8, 4) is 28.4 Å². The van der Waals surface area contributed by atoms with Gasteiger partial charge in [0.1, 0.15) is 30.5 Å². The molecule has 4 rings (SSSR count). The zero-order valence-electron chi connectivity index (χ0n) is 19.5. The summed E-state index contributed by atoms with van der Waals surface area (Å²) in [6.07, 6.45) is 2.34. The molecular weight excluding hydrogens is 420 g/mol. The van der Waals surface area contributed by atoms with Gasteiger partial charge in [0.2, 0.25) is 5.91 Å². The van der Waals surface area contributed by atoms with Crippen LogP contribution >= 0.6 is 0 Å². The summed E-state index contributed by atoms with van der Waals surface area (Å²) < 4.78 is 17.4. The Morgan fingerprint density at radius 3 is 2.85 bits per heavy atom. The molecule has 0 saturated carbocycles. The molecule has 0 aliphatic carbocycles. The molecule has 8 heteroatoms. The number of methoxy groups -OCH3 is 1. The molecule has 2 heterocycles. The average molecular weight is 451 g/mol. The molecule has 1 aromatic heterocycles. The highest BCUT2D eigenvalue weighted by atomic mass is 16.5. The Labute approximate surface area is 193 Å². The Bertz CT molecular complexity index is 1110. The number of rotatable bonds is 8. The third-order valence-corrected chi connectivity index (χ3v) is 5.75. The lowest BCUT2D eigenvalue weighted by atomic mass is 9.95. The number of nitrogens with zero attached hydrogens (tertiary/aromatic N) is 2. The van der Waals surface area contributed by atoms with Crippen LogP contribution in [-0.4, -0.2) is 62.0 Å². The molecule has 0 saturated heterocycles. The Morgan fingerprint density at radius 1 is 1.27 bits per heavy atom. The summed E-state index contributed by atoms with van der Waals surface area (Å²) in [5.41, 5.74) is 4.49. The van der Waals surface area contributed by atoms with Gasteiger partial charge in [-0.05, 0) is 57.3 Å². The van der Waals surface area contributed by atoms with Crippen LogP contribution in [-0.2, 0) is 11.2 Å². The number of amides is 1. The van der Waals surface area contributed by atoms with Crippen molar-refractivity contribution < 1.29 is 19.0 Å². The van der Waals surface area contributed by atoms with E-state index in [0.29, 0.717) is 31.1 Å². The van der Waals surface area contributed by atoms with Gasteiger partial charge in [0.05, 0.1) is 24.9 Å². The predicted octanol–water partition coefficient (Wildman–Crippen LogP) is 3.52. The molecule has 1 amide bonds. The molecule has 1 atom stereocenters. The van der Waals surface area contributed by atoms with E-state index >= 15 is 0 Å². The highest BCUT2D eigenvalue weighted by Crippen LogP contribution is 2.36. The fourth-order valence-electron chi connectivity index (χ4n) is 3.86. The smallest absolute Gasteiger partial charge is 0.231 e. The number of carbonyl (C=O) groups is 1. The zero-order valence-corrected chi connectivity index (χ0v) is 19.5. The summed E-state index contributed by atoms with van der Waals surface area (Å²) in [6.45, 7) is 3.55. The normalized spacial score (nSPS) is 15.0. The van der Waals surface area contributed by atoms with Crippen LogP contribution in [0.4, 0.5) is 5.69 Å². The van der Waals surface area contributed by atoms with Crippen molar-refractivity contribution >= 4 is 11.6 Å². The van der Waals surface area contributed by atoms with Crippen molar-refractivity contribution in [3.05, 3.63) is 53.9 Å². The van der Waals surface area contributed by atoms with E-state index in [1.807, 2.05) is 62.3 Å². The predicted molar refractivity (Wildman–Crippen MR) is 127 cm³/mol. The van der Waals surface area contributed by atoms with E-state index < -0.39 is 0 Å². The van der Waals surface area contributed by atoms with Gasteiger partial charge >= 0.3 is 0 Å². The SMILES string of the molecule is COc1cccc2c1CC(C(=O)Nc1ccc(-c3cn[nH]c3C)cc1OCCN(C)C)CO2. The number of benzene rings is 2. The number of carbonyl (C=O) groups excluding carboxylic acids is 1. The van der Waals surface area contributed by atoms with Gasteiger partial charge in [-0.1, -0.05) is 12.1 Å². The second kappa shape index (κ2) is 9.95. The second-order valence-corrected chi connectivity index (χ2v) is 8.41. The van der Waals surface area contributed by atoms with Gasteiger partial charge in [-0.25, -0.2) is 0 Å². The number of hydrogen-bond donors (Lipinski definition) is 2. The summed E-state index contributed by atoms with van der Waals surface area (Å²) in [4.78, 5) is 15.2. The molecule has 1 aliphatic rings. The van der Waals surface area contributed by atoms with Crippen LogP contribution in [0, 0.1) is 12.8 Å². The fraction of sp³-hybridized carbons (Fsp3) is 0.360. The molecule has 0 fully saturated rings. The maximum absolute atomic E-state index is 13.2. The number of aryl methyl sites for hydroxylation is 1. The fourth-order valence-corrected chi connectivity index (χ4v) is 3.86. The van der Waals surface area contributed by atoms with Crippen LogP contribution in [0.1, 0.15) is 11.3 Å². The standard InChI is InChI=1S/C25H30N4O4/c1-16-20(14-26-28-16)17-8-9-21(24(13-17)32-11-10-29(2)3)27-25(30)18-12-19-22(31-4)6-5-7-23(19)33-15-18/h5-9,13-14,18H,10-12,15H2,1-4H3,(H,26,28)(H,27,30). The van der Waals surface area contributed by atoms with Crippen LogP contribution in [0.2, 0.25) is 0 Å². The minimum atomic E-state index is -0.334. The van der Waals surface area contributed by atoms with Gasteiger partial charge in [-0.3, -0.25) is 9.89 Å². The van der Waals surface area contributed by atoms with Crippen molar-refractivity contribution in [3.63, 3.8) is 0 Å². The first kappa shape index (κ1) is 22.7. The summed E-state index contributed by atoms with van der Waals surface area (Å²) >= 11 is 0. The first-order chi connectivity index (χ1) is 16.0. The molecule has 1 unspecified atom stereocenters. The first-order valence-corrected chi connectivity index (χ1v) is 11.0. The van der Waals surface area contributed by atoms with Crippen molar-refractivity contribution in [2.45, 2.75) is 13.3 Å². The molecule has 3 aromatic rings. The minimum Gasteiger partial charge on any atom is -0.496 e. The molecule has 8 nitrogen and oxygen atoms in total. The van der Waals surface area contributed by atoms with E-state index in [4.69, 9.17) is 14.2 Å². The number of likely N-dealkylation sites (N-methyl/N-ethyl adjacent to an activating group) is 1. The second-order valence-electron chi connectivity index (χ2n) is 8.41. The highest BCUT2D eigenvalue weighted by Gasteiger charge is 2.29. The van der Waals surface area contributed by atoms with Gasteiger partial charge < -0.3 is 24.4 Å². The summed E-state index contributed by atoms with van der Waals surface area (Å²) in [5.74, 6) is 1.68. The van der Waals surface area contributed by atoms with Crippen LogP contribution in [0.3, 0.4) is 0 Å². The van der Waals surface area contributed by atoms with Crippen molar-refractivity contribution in [1.29, 1.82) is 0 Å². The molecule has 0 bridgehead atoms. The average Bonchev–Trinajstić information content (AvgIpc) is 3.24. The third kappa shape index (κ3) is 5.12. The van der Waals surface area contributed by atoms with Crippen LogP contribution in [0.25, 0.3) is 11.1 Å². The van der Waals surface area contributed by atoms with E-state index in [1.165, 1.54) is 0 Å².